The number of esters is 1. The third kappa shape index (κ3) is 8.32. The Morgan fingerprint density at radius 1 is 0.953 bits per heavy atom. The minimum Gasteiger partial charge on any atom is -0.619 e. The number of pyridine rings is 1. The van der Waals surface area contributed by atoms with E-state index in [-0.39, 0.29) is 33.5 Å². The van der Waals surface area contributed by atoms with E-state index in [1.807, 2.05) is 19.0 Å². The van der Waals surface area contributed by atoms with Crippen LogP contribution in [-0.2, 0) is 11.2 Å². The smallest absolute Gasteiger partial charge is 0.387 e. The first-order valence-electron chi connectivity index (χ1n) is 14.0. The molecule has 2 fully saturated rings. The van der Waals surface area contributed by atoms with Crippen molar-refractivity contribution in [3.8, 4) is 17.2 Å². The molecular weight excluding hydrogens is 605 g/mol. The third-order valence-electron chi connectivity index (χ3n) is 7.27. The largest absolute Gasteiger partial charge is 0.619 e. The molecule has 1 aromatic heterocycles. The highest BCUT2D eigenvalue weighted by Gasteiger charge is 2.28. The summed E-state index contributed by atoms with van der Waals surface area (Å²) in [6.45, 7) is -2.15. The zero-order chi connectivity index (χ0) is 30.7. The number of anilines is 1. The summed E-state index contributed by atoms with van der Waals surface area (Å²) < 4.78 is 49.3. The number of hydrogen-bond donors (Lipinski definition) is 0. The molecule has 0 saturated heterocycles. The van der Waals surface area contributed by atoms with E-state index in [9.17, 15) is 18.8 Å². The molecule has 0 spiro atoms. The number of carbonyl (C=O) groups is 1. The summed E-state index contributed by atoms with van der Waals surface area (Å²) >= 11 is 12.7. The fraction of sp³-hybridized carbons (Fsp3) is 0.419. The van der Waals surface area contributed by atoms with Crippen LogP contribution in [-0.4, -0.2) is 39.9 Å². The lowest BCUT2D eigenvalue weighted by Crippen LogP contribution is -2.25. The van der Waals surface area contributed by atoms with Crippen LogP contribution in [0.3, 0.4) is 0 Å². The van der Waals surface area contributed by atoms with Gasteiger partial charge in [0, 0.05) is 26.1 Å². The zero-order valence-electron chi connectivity index (χ0n) is 23.7. The molecule has 0 amide bonds. The van der Waals surface area contributed by atoms with Crippen LogP contribution in [0.15, 0.2) is 48.8 Å². The summed E-state index contributed by atoms with van der Waals surface area (Å²) in [5.41, 5.74) is 1.88. The Labute approximate surface area is 258 Å². The Bertz CT molecular complexity index is 1440. The number of nitrogens with zero attached hydrogens (tertiary/aromatic N) is 2. The molecule has 0 N–H and O–H groups in total. The quantitative estimate of drug-likeness (QED) is 0.107. The van der Waals surface area contributed by atoms with Crippen molar-refractivity contribution in [3.63, 3.8) is 0 Å². The number of ether oxygens (including phenoxy) is 4. The van der Waals surface area contributed by atoms with Gasteiger partial charge in [-0.25, -0.2) is 4.79 Å². The molecule has 12 heteroatoms. The Morgan fingerprint density at radius 2 is 1.58 bits per heavy atom. The lowest BCUT2D eigenvalue weighted by Gasteiger charge is -2.22. The van der Waals surface area contributed by atoms with E-state index < -0.39 is 18.7 Å². The fourth-order valence-electron chi connectivity index (χ4n) is 4.48. The van der Waals surface area contributed by atoms with E-state index in [0.29, 0.717) is 46.7 Å². The van der Waals surface area contributed by atoms with Gasteiger partial charge in [-0.3, -0.25) is 0 Å². The van der Waals surface area contributed by atoms with Gasteiger partial charge in [0.1, 0.15) is 21.9 Å². The summed E-state index contributed by atoms with van der Waals surface area (Å²) in [6.07, 6.45) is 5.52. The number of halogens is 4. The lowest BCUT2D eigenvalue weighted by molar-refractivity contribution is -0.605. The van der Waals surface area contributed by atoms with Crippen molar-refractivity contribution in [3.05, 3.63) is 80.7 Å². The van der Waals surface area contributed by atoms with Crippen molar-refractivity contribution < 1.29 is 37.3 Å². The van der Waals surface area contributed by atoms with Gasteiger partial charge < -0.3 is 29.1 Å². The normalized spacial score (nSPS) is 15.2. The number of aromatic nitrogens is 1. The van der Waals surface area contributed by atoms with Crippen molar-refractivity contribution in [2.45, 2.75) is 44.8 Å². The first-order valence-corrected chi connectivity index (χ1v) is 14.8. The molecule has 43 heavy (non-hydrogen) atoms. The molecule has 0 bridgehead atoms. The van der Waals surface area contributed by atoms with E-state index in [1.54, 1.807) is 18.2 Å². The maximum Gasteiger partial charge on any atom is 0.387 e. The molecule has 0 aliphatic heterocycles. The van der Waals surface area contributed by atoms with Gasteiger partial charge >= 0.3 is 12.6 Å². The molecule has 3 aromatic rings. The van der Waals surface area contributed by atoms with Crippen LogP contribution in [0.5, 0.6) is 17.2 Å². The van der Waals surface area contributed by atoms with Crippen molar-refractivity contribution in [1.29, 1.82) is 0 Å². The van der Waals surface area contributed by atoms with Gasteiger partial charge in [-0.1, -0.05) is 29.3 Å². The third-order valence-corrected chi connectivity index (χ3v) is 7.92. The highest BCUT2D eigenvalue weighted by Crippen LogP contribution is 2.39. The summed E-state index contributed by atoms with van der Waals surface area (Å²) in [7, 11) is 3.77. The molecule has 2 saturated carbocycles. The molecule has 230 valence electrons. The molecular formula is C31H32Cl2F2N2O6. The molecule has 2 aliphatic carbocycles. The van der Waals surface area contributed by atoms with E-state index in [2.05, 4.69) is 4.74 Å². The fourth-order valence-corrected chi connectivity index (χ4v) is 5.08. The second-order valence-corrected chi connectivity index (χ2v) is 11.9. The average molecular weight is 638 g/mol. The monoisotopic (exact) mass is 636 g/mol. The second-order valence-electron chi connectivity index (χ2n) is 11.1. The molecule has 1 unspecified atom stereocenters. The second kappa shape index (κ2) is 13.4. The van der Waals surface area contributed by atoms with Gasteiger partial charge in [0.05, 0.1) is 24.5 Å². The van der Waals surface area contributed by atoms with Crippen molar-refractivity contribution in [2.75, 3.05) is 32.2 Å². The van der Waals surface area contributed by atoms with Crippen LogP contribution in [0.2, 0.25) is 10.0 Å². The SMILES string of the molecule is CN(C)c1ccc(C(=O)OC(Cc2c(Cl)c[n+]([O-])cc2Cl)c2ccc(OC(F)F)c(OCC3CC3)c2)cc1OCC1CC1. The van der Waals surface area contributed by atoms with Crippen LogP contribution in [0.1, 0.15) is 53.3 Å². The number of carbonyl (C=O) groups excluding carboxylic acids is 1. The van der Waals surface area contributed by atoms with Gasteiger partial charge in [0.15, 0.2) is 23.9 Å². The summed E-state index contributed by atoms with van der Waals surface area (Å²) in [5, 5.41) is 12.0. The van der Waals surface area contributed by atoms with Crippen LogP contribution < -0.4 is 23.8 Å². The van der Waals surface area contributed by atoms with Crippen LogP contribution >= 0.6 is 23.2 Å². The van der Waals surface area contributed by atoms with Crippen LogP contribution in [0.25, 0.3) is 0 Å². The maximum atomic E-state index is 13.6. The Balaban J connectivity index is 1.47. The molecule has 8 nitrogen and oxygen atoms in total. The van der Waals surface area contributed by atoms with E-state index in [4.69, 9.17) is 37.4 Å². The topological polar surface area (TPSA) is 84.2 Å². The van der Waals surface area contributed by atoms with Gasteiger partial charge in [-0.05, 0) is 73.4 Å². The minimum absolute atomic E-state index is 0.0117. The van der Waals surface area contributed by atoms with Crippen molar-refractivity contribution >= 4 is 34.9 Å². The first kappa shape index (κ1) is 30.9. The van der Waals surface area contributed by atoms with Crippen molar-refractivity contribution in [2.24, 2.45) is 11.8 Å². The molecule has 0 radical (unpaired) electrons. The number of benzene rings is 2. The molecule has 2 aromatic carbocycles. The van der Waals surface area contributed by atoms with Crippen LogP contribution in [0.4, 0.5) is 14.5 Å². The first-order chi connectivity index (χ1) is 20.6. The average Bonchev–Trinajstić information content (AvgIpc) is 3.88. The Kier molecular flexibility index (Phi) is 9.66. The van der Waals surface area contributed by atoms with E-state index >= 15 is 0 Å². The molecule has 5 rings (SSSR count). The maximum absolute atomic E-state index is 13.6. The molecule has 1 atom stereocenters. The molecule has 2 aliphatic rings. The Hall–Kier alpha value is -3.50. The number of alkyl halides is 2. The highest BCUT2D eigenvalue weighted by molar-refractivity contribution is 6.35. The van der Waals surface area contributed by atoms with Crippen LogP contribution in [0, 0.1) is 17.0 Å². The standard InChI is InChI=1S/C31H32Cl2F2N2O6/c1-36(2)25-9-7-21(12-28(25)40-16-18-3-4-18)30(38)42-27(13-22-23(32)14-37(39)15-24(22)33)20-8-10-26(43-31(34)35)29(11-20)41-17-19-5-6-19/h7-12,14-15,18-19,27,31H,3-6,13,16-17H2,1-2H3. The number of hydrogen-bond acceptors (Lipinski definition) is 7. The summed E-state index contributed by atoms with van der Waals surface area (Å²) in [4.78, 5) is 15.5. The van der Waals surface area contributed by atoms with Gasteiger partial charge in [-0.15, -0.1) is 0 Å². The van der Waals surface area contributed by atoms with E-state index in [0.717, 1.165) is 43.8 Å². The summed E-state index contributed by atoms with van der Waals surface area (Å²) in [5.74, 6) is 0.725. The van der Waals surface area contributed by atoms with Gasteiger partial charge in [0.25, 0.3) is 0 Å². The Morgan fingerprint density at radius 3 is 2.16 bits per heavy atom. The predicted molar refractivity (Wildman–Crippen MR) is 158 cm³/mol. The van der Waals surface area contributed by atoms with Gasteiger partial charge in [-0.2, -0.15) is 13.5 Å². The van der Waals surface area contributed by atoms with Gasteiger partial charge in [0.2, 0.25) is 0 Å². The minimum atomic E-state index is -3.05. The molecule has 1 heterocycles. The number of rotatable bonds is 14. The lowest BCUT2D eigenvalue weighted by atomic mass is 10.0. The summed E-state index contributed by atoms with van der Waals surface area (Å²) in [6, 6.07) is 9.44. The van der Waals surface area contributed by atoms with E-state index in [1.165, 1.54) is 18.2 Å². The van der Waals surface area contributed by atoms with Crippen molar-refractivity contribution in [1.82, 2.24) is 0 Å². The zero-order valence-corrected chi connectivity index (χ0v) is 25.2. The predicted octanol–water partition coefficient (Wildman–Crippen LogP) is 7.01. The highest BCUT2D eigenvalue weighted by atomic mass is 35.5.